The summed E-state index contributed by atoms with van der Waals surface area (Å²) >= 11 is 6.92. The predicted molar refractivity (Wildman–Crippen MR) is 164 cm³/mol. The van der Waals surface area contributed by atoms with Crippen LogP contribution in [0.3, 0.4) is 0 Å². The standard InChI is InChI=1S/C32H34ClF2N7O3/c33-23-9-24-21(12-37-40-24)26-25(23)20-8-17(20)2-6-43-15-19-14-41(5-7-44-19)30-22-11-36-29(26)27(35)28(22)38-31(39-30)45-16-32-3-1-4-42(32)13-18(34)10-32/h9,11-12,17-20H,1-8,10,13-16H2,(H,37,40)/t17?,18-,19-,20?,32+/m1/s1. The molecule has 5 atom stereocenters. The number of alkyl halides is 1. The lowest BCUT2D eigenvalue weighted by molar-refractivity contribution is -0.0248. The van der Waals surface area contributed by atoms with E-state index in [4.69, 9.17) is 35.8 Å². The molecule has 3 saturated heterocycles. The van der Waals surface area contributed by atoms with Crippen LogP contribution in [0.1, 0.15) is 43.6 Å². The molecule has 13 heteroatoms. The van der Waals surface area contributed by atoms with Gasteiger partial charge in [-0.05, 0) is 55.7 Å². The van der Waals surface area contributed by atoms with Gasteiger partial charge in [0, 0.05) is 54.8 Å². The number of fused-ring (bicyclic) bond motifs is 6. The van der Waals surface area contributed by atoms with Gasteiger partial charge in [0.2, 0.25) is 0 Å². The lowest BCUT2D eigenvalue weighted by atomic mass is 9.94. The highest BCUT2D eigenvalue weighted by Crippen LogP contribution is 2.56. The Morgan fingerprint density at radius 3 is 3.02 bits per heavy atom. The van der Waals surface area contributed by atoms with Crippen LogP contribution in [0.5, 0.6) is 6.01 Å². The smallest absolute Gasteiger partial charge is 0.319 e. The second-order valence-corrected chi connectivity index (χ2v) is 13.7. The normalized spacial score (nSPS) is 29.8. The average Bonchev–Trinajstić information content (AvgIpc) is 3.28. The van der Waals surface area contributed by atoms with Gasteiger partial charge in [-0.25, -0.2) is 8.78 Å². The fourth-order valence-corrected chi connectivity index (χ4v) is 8.57. The van der Waals surface area contributed by atoms with E-state index >= 15 is 4.39 Å². The number of pyridine rings is 1. The van der Waals surface area contributed by atoms with Crippen LogP contribution in [0, 0.1) is 11.7 Å². The van der Waals surface area contributed by atoms with Crippen molar-refractivity contribution in [3.63, 3.8) is 0 Å². The first-order chi connectivity index (χ1) is 22.0. The summed E-state index contributed by atoms with van der Waals surface area (Å²) in [6, 6.07) is 1.93. The molecule has 1 aromatic carbocycles. The van der Waals surface area contributed by atoms with Gasteiger partial charge >= 0.3 is 6.01 Å². The van der Waals surface area contributed by atoms with Crippen molar-refractivity contribution in [1.82, 2.24) is 30.0 Å². The first kappa shape index (κ1) is 28.1. The molecule has 45 heavy (non-hydrogen) atoms. The van der Waals surface area contributed by atoms with Crippen LogP contribution in [0.15, 0.2) is 18.5 Å². The number of hydrogen-bond acceptors (Lipinski definition) is 9. The molecule has 6 bridgehead atoms. The maximum absolute atomic E-state index is 17.0. The number of nitrogens with zero attached hydrogens (tertiary/aromatic N) is 6. The van der Waals surface area contributed by atoms with Gasteiger partial charge in [0.15, 0.2) is 5.82 Å². The van der Waals surface area contributed by atoms with E-state index in [0.29, 0.717) is 79.1 Å². The molecular weight excluding hydrogens is 604 g/mol. The topological polar surface area (TPSA) is 102 Å². The van der Waals surface area contributed by atoms with E-state index in [1.54, 1.807) is 12.4 Å². The third kappa shape index (κ3) is 4.66. The molecule has 1 saturated carbocycles. The molecule has 1 aliphatic carbocycles. The minimum absolute atomic E-state index is 0.0690. The monoisotopic (exact) mass is 637 g/mol. The molecule has 2 unspecified atom stereocenters. The summed E-state index contributed by atoms with van der Waals surface area (Å²) in [6.45, 7) is 4.13. The number of nitrogens with one attached hydrogen (secondary N) is 1. The zero-order valence-electron chi connectivity index (χ0n) is 24.8. The number of morpholine rings is 1. The van der Waals surface area contributed by atoms with E-state index in [1.165, 1.54) is 0 Å². The third-order valence-electron chi connectivity index (χ3n) is 10.5. The molecule has 5 aliphatic heterocycles. The Balaban J connectivity index is 1.21. The summed E-state index contributed by atoms with van der Waals surface area (Å²) in [5.74, 6) is 0.496. The Labute approximate surface area is 263 Å². The minimum Gasteiger partial charge on any atom is -0.461 e. The molecule has 8 heterocycles. The van der Waals surface area contributed by atoms with E-state index in [2.05, 4.69) is 25.0 Å². The van der Waals surface area contributed by atoms with Gasteiger partial charge in [-0.3, -0.25) is 15.0 Å². The maximum Gasteiger partial charge on any atom is 0.319 e. The molecule has 4 aromatic rings. The summed E-state index contributed by atoms with van der Waals surface area (Å²) in [5, 5.41) is 9.04. The van der Waals surface area contributed by atoms with Crippen molar-refractivity contribution in [2.24, 2.45) is 5.92 Å². The summed E-state index contributed by atoms with van der Waals surface area (Å²) < 4.78 is 50.0. The zero-order chi connectivity index (χ0) is 30.3. The number of anilines is 1. The van der Waals surface area contributed by atoms with Gasteiger partial charge < -0.3 is 19.1 Å². The Bertz CT molecular complexity index is 1810. The Hall–Kier alpha value is -3.19. The average molecular weight is 638 g/mol. The number of hydrogen-bond donors (Lipinski definition) is 1. The molecule has 1 N–H and O–H groups in total. The largest absolute Gasteiger partial charge is 0.461 e. The molecule has 236 valence electrons. The Morgan fingerprint density at radius 1 is 1.16 bits per heavy atom. The molecule has 0 amide bonds. The predicted octanol–water partition coefficient (Wildman–Crippen LogP) is 5.04. The number of aromatic amines is 1. The van der Waals surface area contributed by atoms with Gasteiger partial charge in [-0.15, -0.1) is 0 Å². The van der Waals surface area contributed by atoms with Crippen LogP contribution in [-0.2, 0) is 9.47 Å². The summed E-state index contributed by atoms with van der Waals surface area (Å²) in [5.41, 5.74) is 2.14. The van der Waals surface area contributed by atoms with Crippen LogP contribution in [0.25, 0.3) is 33.1 Å². The molecule has 0 spiro atoms. The third-order valence-corrected chi connectivity index (χ3v) is 10.8. The number of halogens is 3. The fourth-order valence-electron chi connectivity index (χ4n) is 8.22. The van der Waals surface area contributed by atoms with Crippen molar-refractivity contribution in [3.05, 3.63) is 34.9 Å². The SMILES string of the molecule is Fc1c2ncc3c(nc(OC[C@@]45CCCN4C[C@H](F)C5)nc13)N1CCO[C@@H](COCCC3CC3c3c(Cl)cc4[nH]ncc4c3-2)C1. The maximum atomic E-state index is 17.0. The first-order valence-electron chi connectivity index (χ1n) is 16.0. The fraction of sp³-hybridized carbons (Fsp3) is 0.562. The van der Waals surface area contributed by atoms with E-state index in [9.17, 15) is 4.39 Å². The molecule has 3 aromatic heterocycles. The van der Waals surface area contributed by atoms with Crippen LogP contribution in [-0.4, -0.2) is 100 Å². The van der Waals surface area contributed by atoms with Crippen molar-refractivity contribution in [2.45, 2.75) is 55.8 Å². The number of aromatic nitrogens is 5. The van der Waals surface area contributed by atoms with Crippen LogP contribution < -0.4 is 9.64 Å². The van der Waals surface area contributed by atoms with Crippen LogP contribution >= 0.6 is 11.6 Å². The lowest BCUT2D eigenvalue weighted by Crippen LogP contribution is -2.45. The molecule has 10 nitrogen and oxygen atoms in total. The van der Waals surface area contributed by atoms with Gasteiger partial charge in [0.1, 0.15) is 29.8 Å². The zero-order valence-corrected chi connectivity index (χ0v) is 25.5. The Morgan fingerprint density at radius 2 is 2.09 bits per heavy atom. The van der Waals surface area contributed by atoms with Gasteiger partial charge in [0.05, 0.1) is 42.0 Å². The molecule has 6 aliphatic rings. The second kappa shape index (κ2) is 10.7. The van der Waals surface area contributed by atoms with Crippen LogP contribution in [0.2, 0.25) is 5.02 Å². The van der Waals surface area contributed by atoms with Crippen molar-refractivity contribution in [3.8, 4) is 17.3 Å². The van der Waals surface area contributed by atoms with Crippen molar-refractivity contribution >= 4 is 39.2 Å². The highest BCUT2D eigenvalue weighted by Gasteiger charge is 2.49. The van der Waals surface area contributed by atoms with Crippen molar-refractivity contribution in [2.75, 3.05) is 57.5 Å². The van der Waals surface area contributed by atoms with Crippen molar-refractivity contribution in [1.29, 1.82) is 0 Å². The summed E-state index contributed by atoms with van der Waals surface area (Å²) in [4.78, 5) is 18.5. The van der Waals surface area contributed by atoms with Gasteiger partial charge in [0.25, 0.3) is 0 Å². The number of rotatable bonds is 3. The van der Waals surface area contributed by atoms with E-state index in [-0.39, 0.29) is 35.8 Å². The van der Waals surface area contributed by atoms with Gasteiger partial charge in [-0.1, -0.05) is 11.6 Å². The lowest BCUT2D eigenvalue weighted by Gasteiger charge is -2.34. The second-order valence-electron chi connectivity index (χ2n) is 13.3. The van der Waals surface area contributed by atoms with Gasteiger partial charge in [-0.2, -0.15) is 15.1 Å². The summed E-state index contributed by atoms with van der Waals surface area (Å²) in [7, 11) is 0. The molecular formula is C32H34ClF2N7O3. The molecule has 0 radical (unpaired) electrons. The minimum atomic E-state index is -0.884. The molecule has 10 rings (SSSR count). The number of ether oxygens (including phenoxy) is 3. The number of H-pyrrole nitrogens is 1. The highest BCUT2D eigenvalue weighted by molar-refractivity contribution is 6.33. The van der Waals surface area contributed by atoms with E-state index < -0.39 is 17.5 Å². The van der Waals surface area contributed by atoms with Crippen LogP contribution in [0.4, 0.5) is 14.6 Å². The van der Waals surface area contributed by atoms with E-state index in [0.717, 1.165) is 43.2 Å². The Kier molecular flexibility index (Phi) is 6.66. The summed E-state index contributed by atoms with van der Waals surface area (Å²) in [6.07, 6.45) is 6.38. The highest BCUT2D eigenvalue weighted by atomic mass is 35.5. The van der Waals surface area contributed by atoms with Crippen molar-refractivity contribution < 1.29 is 23.0 Å². The number of benzene rings is 1. The first-order valence-corrected chi connectivity index (χ1v) is 16.3. The quantitative estimate of drug-likeness (QED) is 0.331. The molecule has 4 fully saturated rings. The van der Waals surface area contributed by atoms with E-state index in [1.807, 2.05) is 6.07 Å².